The summed E-state index contributed by atoms with van der Waals surface area (Å²) in [5.41, 5.74) is 8.64. The second kappa shape index (κ2) is 14.5. The first-order valence-electron chi connectivity index (χ1n) is 16.7. The Kier molecular flexibility index (Phi) is 9.35. The van der Waals surface area contributed by atoms with E-state index in [0.29, 0.717) is 11.5 Å². The number of hydrogen-bond acceptors (Lipinski definition) is 4. The molecule has 0 N–H and O–H groups in total. The van der Waals surface area contributed by atoms with E-state index in [9.17, 15) is 0 Å². The maximum Gasteiger partial charge on any atom is 0.131 e. The van der Waals surface area contributed by atoms with Crippen LogP contribution < -0.4 is 18.9 Å². The smallest absolute Gasteiger partial charge is 0.131 e. The average Bonchev–Trinajstić information content (AvgIpc) is 3.12. The van der Waals surface area contributed by atoms with E-state index in [2.05, 4.69) is 52.0 Å². The summed E-state index contributed by atoms with van der Waals surface area (Å²) in [5.74, 6) is 5.86. The third-order valence-corrected chi connectivity index (χ3v) is 8.37. The largest absolute Gasteiger partial charge is 0.457 e. The topological polar surface area (TPSA) is 36.9 Å². The average molecular weight is 655 g/mol. The minimum Gasteiger partial charge on any atom is -0.457 e. The lowest BCUT2D eigenvalue weighted by atomic mass is 9.94. The number of benzene rings is 7. The highest BCUT2D eigenvalue weighted by atomic mass is 16.5. The van der Waals surface area contributed by atoms with Crippen molar-refractivity contribution >= 4 is 0 Å². The van der Waals surface area contributed by atoms with Gasteiger partial charge in [-0.2, -0.15) is 0 Å². The first kappa shape index (κ1) is 32.3. The van der Waals surface area contributed by atoms with Gasteiger partial charge in [0.05, 0.1) is 0 Å². The molecule has 246 valence electrons. The van der Waals surface area contributed by atoms with Crippen molar-refractivity contribution in [3.05, 3.63) is 180 Å². The summed E-state index contributed by atoms with van der Waals surface area (Å²) in [6, 6.07) is 52.5. The molecule has 50 heavy (non-hydrogen) atoms. The molecule has 0 radical (unpaired) electrons. The summed E-state index contributed by atoms with van der Waals surface area (Å²) >= 11 is 0. The highest BCUT2D eigenvalue weighted by Crippen LogP contribution is 2.41. The van der Waals surface area contributed by atoms with Gasteiger partial charge in [-0.05, 0) is 135 Å². The third-order valence-electron chi connectivity index (χ3n) is 8.37. The molecular formula is C46H38O4. The fourth-order valence-corrected chi connectivity index (χ4v) is 5.59. The highest BCUT2D eigenvalue weighted by Gasteiger charge is 2.15. The van der Waals surface area contributed by atoms with E-state index in [4.69, 9.17) is 18.9 Å². The van der Waals surface area contributed by atoms with E-state index in [0.717, 1.165) is 56.8 Å². The van der Waals surface area contributed by atoms with Crippen LogP contribution in [-0.4, -0.2) is 0 Å². The van der Waals surface area contributed by atoms with Crippen molar-refractivity contribution in [2.75, 3.05) is 0 Å². The fourth-order valence-electron chi connectivity index (χ4n) is 5.59. The molecule has 0 unspecified atom stereocenters. The van der Waals surface area contributed by atoms with Crippen LogP contribution in [0.5, 0.6) is 46.0 Å². The lowest BCUT2D eigenvalue weighted by Gasteiger charge is -2.17. The van der Waals surface area contributed by atoms with Crippen molar-refractivity contribution in [3.8, 4) is 68.2 Å². The molecule has 0 amide bonds. The second-order valence-corrected chi connectivity index (χ2v) is 12.6. The third kappa shape index (κ3) is 8.05. The van der Waals surface area contributed by atoms with E-state index in [-0.39, 0.29) is 0 Å². The Labute approximate surface area is 294 Å². The van der Waals surface area contributed by atoms with Crippen molar-refractivity contribution in [2.24, 2.45) is 0 Å². The van der Waals surface area contributed by atoms with Crippen LogP contribution in [0.2, 0.25) is 0 Å². The number of rotatable bonds is 10. The van der Waals surface area contributed by atoms with Gasteiger partial charge < -0.3 is 18.9 Å². The van der Waals surface area contributed by atoms with Gasteiger partial charge in [-0.15, -0.1) is 0 Å². The van der Waals surface area contributed by atoms with Gasteiger partial charge in [0.25, 0.3) is 0 Å². The first-order valence-corrected chi connectivity index (χ1v) is 16.7. The lowest BCUT2D eigenvalue weighted by molar-refractivity contribution is 0.460. The van der Waals surface area contributed by atoms with Gasteiger partial charge in [0.1, 0.15) is 46.0 Å². The molecule has 0 spiro atoms. The number of aryl methyl sites for hydroxylation is 4. The van der Waals surface area contributed by atoms with Crippen molar-refractivity contribution in [1.29, 1.82) is 0 Å². The molecule has 0 heterocycles. The maximum absolute atomic E-state index is 6.43. The van der Waals surface area contributed by atoms with Gasteiger partial charge in [-0.25, -0.2) is 0 Å². The molecule has 0 aliphatic heterocycles. The predicted molar refractivity (Wildman–Crippen MR) is 202 cm³/mol. The van der Waals surface area contributed by atoms with Gasteiger partial charge >= 0.3 is 0 Å². The highest BCUT2D eigenvalue weighted by molar-refractivity contribution is 5.86. The quantitative estimate of drug-likeness (QED) is 0.147. The Morgan fingerprint density at radius 2 is 0.560 bits per heavy atom. The second-order valence-electron chi connectivity index (χ2n) is 12.6. The van der Waals surface area contributed by atoms with Crippen LogP contribution in [0.25, 0.3) is 22.3 Å². The molecule has 0 atom stereocenters. The Morgan fingerprint density at radius 1 is 0.240 bits per heavy atom. The van der Waals surface area contributed by atoms with Crippen molar-refractivity contribution in [1.82, 2.24) is 0 Å². The van der Waals surface area contributed by atoms with E-state index >= 15 is 0 Å². The summed E-state index contributed by atoms with van der Waals surface area (Å²) in [7, 11) is 0. The van der Waals surface area contributed by atoms with Gasteiger partial charge in [0.2, 0.25) is 0 Å². The van der Waals surface area contributed by atoms with Crippen molar-refractivity contribution in [3.63, 3.8) is 0 Å². The van der Waals surface area contributed by atoms with Gasteiger partial charge in [-0.1, -0.05) is 89.0 Å². The van der Waals surface area contributed by atoms with E-state index in [1.165, 1.54) is 22.3 Å². The standard InChI is InChI=1S/C46H38O4/c1-31-5-15-37(16-6-31)47-41-23-13-35(14-24-41)45-26-25-42(48-38-17-7-32(2)8-18-38)30-46(45)36-27-43(49-39-19-9-33(3)10-20-39)29-44(28-36)50-40-21-11-34(4)12-22-40/h5-30H,1-4H3. The molecule has 7 aromatic carbocycles. The molecule has 0 aromatic heterocycles. The van der Waals surface area contributed by atoms with Crippen molar-refractivity contribution < 1.29 is 18.9 Å². The van der Waals surface area contributed by atoms with Gasteiger partial charge in [0.15, 0.2) is 0 Å². The minimum absolute atomic E-state index is 0.658. The molecule has 0 aliphatic rings. The fraction of sp³-hybridized carbons (Fsp3) is 0.0870. The Bertz CT molecular complexity index is 2130. The predicted octanol–water partition coefficient (Wildman–Crippen LogP) is 13.4. The van der Waals surface area contributed by atoms with Crippen LogP contribution in [0.15, 0.2) is 158 Å². The number of ether oxygens (including phenoxy) is 4. The molecule has 4 heteroatoms. The minimum atomic E-state index is 0.658. The monoisotopic (exact) mass is 654 g/mol. The summed E-state index contributed by atoms with van der Waals surface area (Å²) in [4.78, 5) is 0. The zero-order chi connectivity index (χ0) is 34.5. The maximum atomic E-state index is 6.43. The Balaban J connectivity index is 1.30. The molecule has 0 saturated heterocycles. The summed E-state index contributed by atoms with van der Waals surface area (Å²) < 4.78 is 25.4. The zero-order valence-corrected chi connectivity index (χ0v) is 28.6. The van der Waals surface area contributed by atoms with Crippen LogP contribution in [0.4, 0.5) is 0 Å². The molecule has 0 saturated carbocycles. The molecule has 0 aliphatic carbocycles. The lowest BCUT2D eigenvalue weighted by Crippen LogP contribution is -1.93. The van der Waals surface area contributed by atoms with E-state index in [1.807, 2.05) is 133 Å². The molecular weight excluding hydrogens is 617 g/mol. The Morgan fingerprint density at radius 3 is 0.960 bits per heavy atom. The van der Waals surface area contributed by atoms with Crippen LogP contribution in [-0.2, 0) is 0 Å². The van der Waals surface area contributed by atoms with Crippen LogP contribution in [0, 0.1) is 27.7 Å². The van der Waals surface area contributed by atoms with Crippen LogP contribution >= 0.6 is 0 Å². The van der Waals surface area contributed by atoms with Crippen LogP contribution in [0.1, 0.15) is 22.3 Å². The summed E-state index contributed by atoms with van der Waals surface area (Å²) in [6.45, 7) is 8.25. The SMILES string of the molecule is Cc1ccc(Oc2ccc(-c3ccc(Oc4ccc(C)cc4)cc3-c3cc(Oc4ccc(C)cc4)cc(Oc4ccc(C)cc4)c3)cc2)cc1. The van der Waals surface area contributed by atoms with E-state index < -0.39 is 0 Å². The summed E-state index contributed by atoms with van der Waals surface area (Å²) in [5, 5.41) is 0. The Hall–Kier alpha value is -6.26. The molecule has 7 aromatic rings. The van der Waals surface area contributed by atoms with Crippen LogP contribution in [0.3, 0.4) is 0 Å². The first-order chi connectivity index (χ1) is 24.3. The zero-order valence-electron chi connectivity index (χ0n) is 28.6. The normalized spacial score (nSPS) is 10.8. The molecule has 0 fully saturated rings. The molecule has 0 bridgehead atoms. The van der Waals surface area contributed by atoms with E-state index in [1.54, 1.807) is 0 Å². The number of hydrogen-bond donors (Lipinski definition) is 0. The summed E-state index contributed by atoms with van der Waals surface area (Å²) in [6.07, 6.45) is 0. The molecule has 4 nitrogen and oxygen atoms in total. The van der Waals surface area contributed by atoms with Gasteiger partial charge in [0, 0.05) is 6.07 Å². The van der Waals surface area contributed by atoms with Crippen molar-refractivity contribution in [2.45, 2.75) is 27.7 Å². The van der Waals surface area contributed by atoms with Gasteiger partial charge in [-0.3, -0.25) is 0 Å². The molecule has 7 rings (SSSR count).